The zero-order valence-electron chi connectivity index (χ0n) is 11.8. The van der Waals surface area contributed by atoms with Crippen molar-refractivity contribution in [3.8, 4) is 11.5 Å². The Balaban J connectivity index is 2.19. The van der Waals surface area contributed by atoms with Crippen LogP contribution in [-0.2, 0) is 0 Å². The number of nitrogens with one attached hydrogen (secondary N) is 1. The molecule has 2 nitrogen and oxygen atoms in total. The molecule has 2 rings (SSSR count). The maximum absolute atomic E-state index is 14.1. The van der Waals surface area contributed by atoms with Crippen molar-refractivity contribution in [3.05, 3.63) is 58.1 Å². The summed E-state index contributed by atoms with van der Waals surface area (Å²) in [5.41, 5.74) is 0.837. The molecule has 2 aromatic carbocycles. The Kier molecular flexibility index (Phi) is 5.31. The fraction of sp³-hybridized carbons (Fsp3) is 0.250. The van der Waals surface area contributed by atoms with E-state index in [-0.39, 0.29) is 17.5 Å². The van der Waals surface area contributed by atoms with Crippen LogP contribution in [-0.4, -0.2) is 6.54 Å². The number of halogens is 3. The number of hydrogen-bond acceptors (Lipinski definition) is 2. The molecule has 0 fully saturated rings. The molecule has 1 unspecified atom stereocenters. The molecule has 0 saturated carbocycles. The van der Waals surface area contributed by atoms with E-state index < -0.39 is 11.6 Å². The van der Waals surface area contributed by atoms with Gasteiger partial charge >= 0.3 is 0 Å². The largest absolute Gasteiger partial charge is 0.454 e. The summed E-state index contributed by atoms with van der Waals surface area (Å²) < 4.78 is 33.2. The Morgan fingerprint density at radius 1 is 1.14 bits per heavy atom. The van der Waals surface area contributed by atoms with Crippen molar-refractivity contribution in [2.45, 2.75) is 19.9 Å². The molecule has 0 aliphatic carbocycles. The molecule has 0 spiro atoms. The third-order valence-electron chi connectivity index (χ3n) is 3.09. The van der Waals surface area contributed by atoms with E-state index >= 15 is 0 Å². The molecule has 5 heteroatoms. The van der Waals surface area contributed by atoms with Crippen molar-refractivity contribution in [1.82, 2.24) is 5.32 Å². The number of rotatable bonds is 5. The highest BCUT2D eigenvalue weighted by Gasteiger charge is 2.11. The summed E-state index contributed by atoms with van der Waals surface area (Å²) in [6.45, 7) is 4.76. The van der Waals surface area contributed by atoms with E-state index in [1.807, 2.05) is 13.8 Å². The molecule has 0 aliphatic heterocycles. The molecular weight excluding hydrogens is 340 g/mol. The monoisotopic (exact) mass is 355 g/mol. The Morgan fingerprint density at radius 3 is 2.52 bits per heavy atom. The summed E-state index contributed by atoms with van der Waals surface area (Å²) in [5, 5.41) is 3.21. The van der Waals surface area contributed by atoms with Crippen LogP contribution in [0.15, 0.2) is 40.9 Å². The van der Waals surface area contributed by atoms with Crippen molar-refractivity contribution in [1.29, 1.82) is 0 Å². The first-order chi connectivity index (χ1) is 10.0. The first-order valence-electron chi connectivity index (χ1n) is 6.67. The molecule has 21 heavy (non-hydrogen) atoms. The first-order valence-corrected chi connectivity index (χ1v) is 7.46. The van der Waals surface area contributed by atoms with E-state index in [9.17, 15) is 8.78 Å². The average molecular weight is 356 g/mol. The summed E-state index contributed by atoms with van der Waals surface area (Å²) >= 11 is 3.06. The summed E-state index contributed by atoms with van der Waals surface area (Å²) in [4.78, 5) is 0. The van der Waals surface area contributed by atoms with Crippen LogP contribution in [0.25, 0.3) is 0 Å². The lowest BCUT2D eigenvalue weighted by atomic mass is 10.1. The van der Waals surface area contributed by atoms with Crippen LogP contribution in [0, 0.1) is 11.6 Å². The highest BCUT2D eigenvalue weighted by atomic mass is 79.9. The van der Waals surface area contributed by atoms with Crippen LogP contribution in [0.1, 0.15) is 25.5 Å². The zero-order valence-corrected chi connectivity index (χ0v) is 13.4. The second-order valence-corrected chi connectivity index (χ2v) is 5.50. The van der Waals surface area contributed by atoms with Crippen LogP contribution in [0.4, 0.5) is 8.78 Å². The van der Waals surface area contributed by atoms with Gasteiger partial charge in [0.2, 0.25) is 0 Å². The van der Waals surface area contributed by atoms with Crippen LogP contribution < -0.4 is 10.1 Å². The summed E-state index contributed by atoms with van der Waals surface area (Å²) in [7, 11) is 0. The van der Waals surface area contributed by atoms with E-state index in [0.29, 0.717) is 4.47 Å². The van der Waals surface area contributed by atoms with E-state index in [4.69, 9.17) is 4.74 Å². The van der Waals surface area contributed by atoms with Crippen molar-refractivity contribution < 1.29 is 13.5 Å². The molecule has 0 heterocycles. The topological polar surface area (TPSA) is 21.3 Å². The fourth-order valence-corrected chi connectivity index (χ4v) is 2.21. The summed E-state index contributed by atoms with van der Waals surface area (Å²) in [5.74, 6) is -0.600. The molecule has 1 N–H and O–H groups in total. The predicted molar refractivity (Wildman–Crippen MR) is 82.7 cm³/mol. The fourth-order valence-electron chi connectivity index (χ4n) is 1.96. The molecular formula is C16H16BrF2NO. The summed E-state index contributed by atoms with van der Waals surface area (Å²) in [6, 6.07) is 9.13. The quantitative estimate of drug-likeness (QED) is 0.796. The molecule has 0 aromatic heterocycles. The van der Waals surface area contributed by atoms with Crippen molar-refractivity contribution in [2.24, 2.45) is 0 Å². The summed E-state index contributed by atoms with van der Waals surface area (Å²) in [6.07, 6.45) is 0. The van der Waals surface area contributed by atoms with Gasteiger partial charge in [-0.05, 0) is 59.2 Å². The lowest BCUT2D eigenvalue weighted by Gasteiger charge is -2.14. The number of ether oxygens (including phenoxy) is 1. The third-order valence-corrected chi connectivity index (χ3v) is 3.73. The van der Waals surface area contributed by atoms with E-state index in [1.165, 1.54) is 18.2 Å². The van der Waals surface area contributed by atoms with Crippen molar-refractivity contribution in [2.75, 3.05) is 6.54 Å². The van der Waals surface area contributed by atoms with Crippen LogP contribution >= 0.6 is 15.9 Å². The average Bonchev–Trinajstić information content (AvgIpc) is 2.45. The minimum absolute atomic E-state index is 0.0590. The van der Waals surface area contributed by atoms with Gasteiger partial charge in [-0.1, -0.05) is 13.0 Å². The van der Waals surface area contributed by atoms with Gasteiger partial charge in [-0.3, -0.25) is 0 Å². The Hall–Kier alpha value is -1.46. The van der Waals surface area contributed by atoms with Crippen molar-refractivity contribution in [3.63, 3.8) is 0 Å². The molecule has 1 atom stereocenters. The smallest absolute Gasteiger partial charge is 0.166 e. The van der Waals surface area contributed by atoms with E-state index in [1.54, 1.807) is 18.2 Å². The minimum atomic E-state index is -0.472. The highest BCUT2D eigenvalue weighted by molar-refractivity contribution is 9.10. The second kappa shape index (κ2) is 7.00. The molecule has 0 radical (unpaired) electrons. The van der Waals surface area contributed by atoms with Gasteiger partial charge < -0.3 is 10.1 Å². The van der Waals surface area contributed by atoms with Crippen molar-refractivity contribution >= 4 is 15.9 Å². The minimum Gasteiger partial charge on any atom is -0.454 e. The predicted octanol–water partition coefficient (Wildman–Crippen LogP) is 5.19. The standard InChI is InChI=1S/C16H16BrF2NO/c1-3-20-10(2)11-4-7-16(15(19)8-11)21-12-5-6-13(17)14(18)9-12/h4-10,20H,3H2,1-2H3. The third kappa shape index (κ3) is 4.02. The van der Waals surface area contributed by atoms with Gasteiger partial charge in [-0.25, -0.2) is 8.78 Å². The maximum atomic E-state index is 14.1. The molecule has 0 bridgehead atoms. The lowest BCUT2D eigenvalue weighted by Crippen LogP contribution is -2.17. The SMILES string of the molecule is CCNC(C)c1ccc(Oc2ccc(Br)c(F)c2)c(F)c1. The van der Waals surface area contributed by atoms with E-state index in [0.717, 1.165) is 12.1 Å². The van der Waals surface area contributed by atoms with E-state index in [2.05, 4.69) is 21.2 Å². The van der Waals surface area contributed by atoms with Gasteiger partial charge in [-0.15, -0.1) is 0 Å². The van der Waals surface area contributed by atoms with Crippen LogP contribution in [0.3, 0.4) is 0 Å². The Morgan fingerprint density at radius 2 is 1.90 bits per heavy atom. The van der Waals surface area contributed by atoms with Gasteiger partial charge in [0, 0.05) is 12.1 Å². The van der Waals surface area contributed by atoms with Crippen LogP contribution in [0.2, 0.25) is 0 Å². The van der Waals surface area contributed by atoms with Crippen LogP contribution in [0.5, 0.6) is 11.5 Å². The zero-order chi connectivity index (χ0) is 15.4. The number of benzene rings is 2. The first kappa shape index (κ1) is 15.9. The number of hydrogen-bond donors (Lipinski definition) is 1. The molecule has 112 valence electrons. The normalized spacial score (nSPS) is 12.2. The Labute approximate surface area is 131 Å². The van der Waals surface area contributed by atoms with Gasteiger partial charge in [0.1, 0.15) is 11.6 Å². The highest BCUT2D eigenvalue weighted by Crippen LogP contribution is 2.29. The van der Waals surface area contributed by atoms with Gasteiger partial charge in [0.05, 0.1) is 4.47 Å². The lowest BCUT2D eigenvalue weighted by molar-refractivity contribution is 0.437. The molecule has 0 amide bonds. The maximum Gasteiger partial charge on any atom is 0.166 e. The second-order valence-electron chi connectivity index (χ2n) is 4.65. The molecule has 2 aromatic rings. The van der Waals surface area contributed by atoms with Gasteiger partial charge in [-0.2, -0.15) is 0 Å². The van der Waals surface area contributed by atoms with Gasteiger partial charge in [0.25, 0.3) is 0 Å². The molecule has 0 saturated heterocycles. The van der Waals surface area contributed by atoms with Gasteiger partial charge in [0.15, 0.2) is 11.6 Å². The Bertz CT molecular complexity index is 634. The molecule has 0 aliphatic rings.